The predicted octanol–water partition coefficient (Wildman–Crippen LogP) is 2.95. The first kappa shape index (κ1) is 9.21. The minimum absolute atomic E-state index is 0.779. The first-order chi connectivity index (χ1) is 6.80. The van der Waals surface area contributed by atoms with Gasteiger partial charge in [0.1, 0.15) is 0 Å². The van der Waals surface area contributed by atoms with Gasteiger partial charge in [0.15, 0.2) is 0 Å². The summed E-state index contributed by atoms with van der Waals surface area (Å²) < 4.78 is 0. The van der Waals surface area contributed by atoms with E-state index < -0.39 is 0 Å². The molecule has 0 radical (unpaired) electrons. The van der Waals surface area contributed by atoms with Crippen LogP contribution in [0.5, 0.6) is 0 Å². The van der Waals surface area contributed by atoms with Crippen molar-refractivity contribution in [2.45, 2.75) is 57.9 Å². The van der Waals surface area contributed by atoms with E-state index in [-0.39, 0.29) is 0 Å². The zero-order chi connectivity index (χ0) is 9.60. The summed E-state index contributed by atoms with van der Waals surface area (Å²) in [5, 5.41) is 3.64. The lowest BCUT2D eigenvalue weighted by molar-refractivity contribution is 0.282. The van der Waals surface area contributed by atoms with Crippen molar-refractivity contribution >= 4 is 0 Å². The Balaban J connectivity index is 1.61. The van der Waals surface area contributed by atoms with Crippen molar-refractivity contribution < 1.29 is 0 Å². The molecule has 2 saturated carbocycles. The Kier molecular flexibility index (Phi) is 2.12. The van der Waals surface area contributed by atoms with Crippen LogP contribution >= 0.6 is 0 Å². The smallest absolute Gasteiger partial charge is 0.00448 e. The molecule has 1 saturated heterocycles. The van der Waals surface area contributed by atoms with Gasteiger partial charge in [0.05, 0.1) is 0 Å². The fourth-order valence-electron chi connectivity index (χ4n) is 4.15. The van der Waals surface area contributed by atoms with Crippen LogP contribution in [0.1, 0.15) is 51.9 Å². The van der Waals surface area contributed by atoms with Crippen LogP contribution < -0.4 is 5.32 Å². The third-order valence-corrected chi connectivity index (χ3v) is 4.99. The molecule has 3 atom stereocenters. The molecule has 1 heterocycles. The summed E-state index contributed by atoms with van der Waals surface area (Å²) in [4.78, 5) is 0. The minimum Gasteiger partial charge on any atom is -0.314 e. The second kappa shape index (κ2) is 3.23. The van der Waals surface area contributed by atoms with Crippen molar-refractivity contribution in [1.29, 1.82) is 0 Å². The summed E-state index contributed by atoms with van der Waals surface area (Å²) in [5.41, 5.74) is 0.779. The van der Waals surface area contributed by atoms with Crippen molar-refractivity contribution in [1.82, 2.24) is 5.32 Å². The van der Waals surface area contributed by atoms with E-state index in [0.717, 1.165) is 23.3 Å². The van der Waals surface area contributed by atoms with Gasteiger partial charge in [0.2, 0.25) is 0 Å². The van der Waals surface area contributed by atoms with Crippen molar-refractivity contribution in [3.05, 3.63) is 0 Å². The summed E-state index contributed by atoms with van der Waals surface area (Å²) in [7, 11) is 0. The van der Waals surface area contributed by atoms with E-state index in [1.54, 1.807) is 19.3 Å². The summed E-state index contributed by atoms with van der Waals surface area (Å²) in [6.07, 6.45) is 10.6. The fraction of sp³-hybridized carbons (Fsp3) is 1.00. The maximum atomic E-state index is 3.64. The third-order valence-electron chi connectivity index (χ3n) is 4.99. The van der Waals surface area contributed by atoms with E-state index in [4.69, 9.17) is 0 Å². The molecule has 1 N–H and O–H groups in total. The number of nitrogens with one attached hydrogen (secondary N) is 1. The van der Waals surface area contributed by atoms with Gasteiger partial charge in [-0.3, -0.25) is 0 Å². The first-order valence-electron chi connectivity index (χ1n) is 6.54. The van der Waals surface area contributed by atoms with Crippen molar-refractivity contribution in [3.8, 4) is 0 Å². The van der Waals surface area contributed by atoms with Crippen LogP contribution in [-0.4, -0.2) is 12.6 Å². The number of hydrogen-bond acceptors (Lipinski definition) is 1. The van der Waals surface area contributed by atoms with E-state index in [1.165, 1.54) is 32.2 Å². The highest BCUT2D eigenvalue weighted by Gasteiger charge is 2.58. The normalized spacial score (nSPS) is 48.6. The van der Waals surface area contributed by atoms with E-state index >= 15 is 0 Å². The molecule has 0 aromatic rings. The quantitative estimate of drug-likeness (QED) is 0.675. The molecular formula is C13H23N. The third kappa shape index (κ3) is 1.41. The molecular weight excluding hydrogens is 170 g/mol. The summed E-state index contributed by atoms with van der Waals surface area (Å²) >= 11 is 0. The molecule has 3 fully saturated rings. The minimum atomic E-state index is 0.779. The number of rotatable bonds is 1. The molecule has 0 aromatic heterocycles. The number of hydrogen-bond donors (Lipinski definition) is 1. The van der Waals surface area contributed by atoms with Gasteiger partial charge in [0.25, 0.3) is 0 Å². The average Bonchev–Trinajstić information content (AvgIpc) is 2.78. The molecule has 0 aromatic carbocycles. The van der Waals surface area contributed by atoms with Crippen LogP contribution in [0.4, 0.5) is 0 Å². The van der Waals surface area contributed by atoms with E-state index in [0.29, 0.717) is 0 Å². The molecule has 3 rings (SSSR count). The van der Waals surface area contributed by atoms with Gasteiger partial charge < -0.3 is 5.32 Å². The molecule has 0 amide bonds. The molecule has 1 aliphatic heterocycles. The predicted molar refractivity (Wildman–Crippen MR) is 59.2 cm³/mol. The van der Waals surface area contributed by atoms with Crippen LogP contribution in [0.15, 0.2) is 0 Å². The van der Waals surface area contributed by atoms with Gasteiger partial charge in [-0.2, -0.15) is 0 Å². The van der Waals surface area contributed by atoms with Crippen LogP contribution in [0.3, 0.4) is 0 Å². The maximum absolute atomic E-state index is 3.64. The van der Waals surface area contributed by atoms with Crippen LogP contribution in [0.2, 0.25) is 0 Å². The molecule has 0 bridgehead atoms. The van der Waals surface area contributed by atoms with Crippen LogP contribution in [0.25, 0.3) is 0 Å². The summed E-state index contributed by atoms with van der Waals surface area (Å²) in [5.74, 6) is 2.22. The lowest BCUT2D eigenvalue weighted by atomic mass is 9.82. The Bertz CT molecular complexity index is 219. The zero-order valence-corrected chi connectivity index (χ0v) is 9.39. The Labute approximate surface area is 87.7 Å². The van der Waals surface area contributed by atoms with Crippen LogP contribution in [-0.2, 0) is 0 Å². The maximum Gasteiger partial charge on any atom is 0.00448 e. The Hall–Kier alpha value is -0.0400. The fourth-order valence-corrected chi connectivity index (χ4v) is 4.15. The second-order valence-corrected chi connectivity index (χ2v) is 6.06. The molecule has 14 heavy (non-hydrogen) atoms. The summed E-state index contributed by atoms with van der Waals surface area (Å²) in [6, 6.07) is 0.795. The van der Waals surface area contributed by atoms with Gasteiger partial charge >= 0.3 is 0 Å². The van der Waals surface area contributed by atoms with Gasteiger partial charge in [-0.15, -0.1) is 0 Å². The van der Waals surface area contributed by atoms with Crippen molar-refractivity contribution in [3.63, 3.8) is 0 Å². The van der Waals surface area contributed by atoms with Crippen molar-refractivity contribution in [2.75, 3.05) is 6.54 Å². The highest BCUT2D eigenvalue weighted by Crippen LogP contribution is 2.63. The van der Waals surface area contributed by atoms with Gasteiger partial charge in [0, 0.05) is 12.6 Å². The summed E-state index contributed by atoms with van der Waals surface area (Å²) in [6.45, 7) is 3.68. The molecule has 2 aliphatic carbocycles. The topological polar surface area (TPSA) is 12.0 Å². The average molecular weight is 193 g/mol. The van der Waals surface area contributed by atoms with Crippen molar-refractivity contribution in [2.24, 2.45) is 17.3 Å². The highest BCUT2D eigenvalue weighted by molar-refractivity contribution is 5.10. The van der Waals surface area contributed by atoms with E-state index in [2.05, 4.69) is 12.2 Å². The molecule has 80 valence electrons. The molecule has 1 nitrogen and oxygen atoms in total. The molecule has 3 unspecified atom stereocenters. The largest absolute Gasteiger partial charge is 0.314 e. The lowest BCUT2D eigenvalue weighted by Crippen LogP contribution is -2.18. The Morgan fingerprint density at radius 1 is 1.07 bits per heavy atom. The standard InChI is InChI=1S/C13H23N/c1-10-7-13(9-14-10)8-12(13)11-5-3-2-4-6-11/h10-12,14H,2-9H2,1H3. The lowest BCUT2D eigenvalue weighted by Gasteiger charge is -2.23. The van der Waals surface area contributed by atoms with Gasteiger partial charge in [-0.05, 0) is 37.0 Å². The highest BCUT2D eigenvalue weighted by atomic mass is 15.0. The zero-order valence-electron chi connectivity index (χ0n) is 9.39. The van der Waals surface area contributed by atoms with E-state index in [1.807, 2.05) is 0 Å². The van der Waals surface area contributed by atoms with Gasteiger partial charge in [-0.1, -0.05) is 32.1 Å². The molecule has 1 spiro atoms. The monoisotopic (exact) mass is 193 g/mol. The SMILES string of the molecule is CC1CC2(CN1)CC2C1CCCCC1. The first-order valence-corrected chi connectivity index (χ1v) is 6.54. The van der Waals surface area contributed by atoms with Gasteiger partial charge in [-0.25, -0.2) is 0 Å². The van der Waals surface area contributed by atoms with E-state index in [9.17, 15) is 0 Å². The molecule has 1 heteroatoms. The Morgan fingerprint density at radius 2 is 1.86 bits per heavy atom. The second-order valence-electron chi connectivity index (χ2n) is 6.06. The Morgan fingerprint density at radius 3 is 2.50 bits per heavy atom. The molecule has 3 aliphatic rings. The van der Waals surface area contributed by atoms with Crippen LogP contribution in [0, 0.1) is 17.3 Å².